The molecule has 0 heterocycles. The van der Waals surface area contributed by atoms with Crippen molar-refractivity contribution < 1.29 is 5.11 Å². The fourth-order valence-electron chi connectivity index (χ4n) is 1.29. The topological polar surface area (TPSA) is 46.2 Å². The van der Waals surface area contributed by atoms with Gasteiger partial charge in [-0.3, -0.25) is 0 Å². The van der Waals surface area contributed by atoms with E-state index in [4.69, 9.17) is 22.4 Å². The van der Waals surface area contributed by atoms with Gasteiger partial charge in [-0.15, -0.1) is 0 Å². The average Bonchev–Trinajstić information content (AvgIpc) is 2.03. The summed E-state index contributed by atoms with van der Waals surface area (Å²) >= 11 is 5.83. The lowest BCUT2D eigenvalue weighted by atomic mass is 10.0. The number of aliphatic hydroxyl groups excluding tert-OH is 1. The number of hydrogen-bond donors (Lipinski definition) is 2. The second-order valence-electron chi connectivity index (χ2n) is 3.25. The van der Waals surface area contributed by atoms with Crippen molar-refractivity contribution in [1.29, 1.82) is 0 Å². The van der Waals surface area contributed by atoms with Crippen LogP contribution in [-0.2, 0) is 13.0 Å². The zero-order valence-corrected chi connectivity index (χ0v) is 8.38. The van der Waals surface area contributed by atoms with Crippen LogP contribution in [0.4, 0.5) is 0 Å². The maximum Gasteiger partial charge on any atom is 0.0684 e. The minimum Gasteiger partial charge on any atom is -0.392 e. The van der Waals surface area contributed by atoms with Crippen LogP contribution in [0.2, 0.25) is 5.02 Å². The first-order valence-corrected chi connectivity index (χ1v) is 4.65. The maximum atomic E-state index is 9.04. The van der Waals surface area contributed by atoms with Crippen molar-refractivity contribution in [2.45, 2.75) is 26.0 Å². The molecule has 1 unspecified atom stereocenters. The molecular formula is C10H14ClNO. The van der Waals surface area contributed by atoms with E-state index in [1.165, 1.54) is 0 Å². The van der Waals surface area contributed by atoms with E-state index >= 15 is 0 Å². The Labute approximate surface area is 83.3 Å². The van der Waals surface area contributed by atoms with E-state index in [1.807, 2.05) is 19.1 Å². The summed E-state index contributed by atoms with van der Waals surface area (Å²) in [6, 6.07) is 5.55. The number of halogens is 1. The predicted octanol–water partition coefficient (Wildman–Crippen LogP) is 1.72. The third-order valence-electron chi connectivity index (χ3n) is 1.88. The molecule has 0 aromatic heterocycles. The van der Waals surface area contributed by atoms with Gasteiger partial charge in [0, 0.05) is 11.1 Å². The summed E-state index contributed by atoms with van der Waals surface area (Å²) in [4.78, 5) is 0. The van der Waals surface area contributed by atoms with Gasteiger partial charge in [0.05, 0.1) is 6.61 Å². The van der Waals surface area contributed by atoms with Gasteiger partial charge in [0.15, 0.2) is 0 Å². The van der Waals surface area contributed by atoms with Crippen molar-refractivity contribution in [3.8, 4) is 0 Å². The van der Waals surface area contributed by atoms with Crippen molar-refractivity contribution >= 4 is 11.6 Å². The number of aliphatic hydroxyl groups is 1. The highest BCUT2D eigenvalue weighted by atomic mass is 35.5. The second kappa shape index (κ2) is 4.61. The molecule has 0 saturated heterocycles. The van der Waals surface area contributed by atoms with E-state index in [-0.39, 0.29) is 12.6 Å². The van der Waals surface area contributed by atoms with E-state index in [1.54, 1.807) is 6.07 Å². The summed E-state index contributed by atoms with van der Waals surface area (Å²) in [5.41, 5.74) is 7.61. The van der Waals surface area contributed by atoms with Crippen LogP contribution in [-0.4, -0.2) is 11.1 Å². The summed E-state index contributed by atoms with van der Waals surface area (Å²) in [5.74, 6) is 0. The first-order valence-electron chi connectivity index (χ1n) is 4.27. The highest BCUT2D eigenvalue weighted by Crippen LogP contribution is 2.17. The zero-order chi connectivity index (χ0) is 9.84. The summed E-state index contributed by atoms with van der Waals surface area (Å²) in [6.45, 7) is 1.97. The molecule has 0 amide bonds. The van der Waals surface area contributed by atoms with Crippen LogP contribution >= 0.6 is 11.6 Å². The lowest BCUT2D eigenvalue weighted by Crippen LogP contribution is -2.18. The molecule has 0 bridgehead atoms. The van der Waals surface area contributed by atoms with Crippen LogP contribution in [0.1, 0.15) is 18.1 Å². The summed E-state index contributed by atoms with van der Waals surface area (Å²) < 4.78 is 0. The van der Waals surface area contributed by atoms with E-state index in [0.29, 0.717) is 5.02 Å². The summed E-state index contributed by atoms with van der Waals surface area (Å²) in [6.07, 6.45) is 0.746. The monoisotopic (exact) mass is 199 g/mol. The van der Waals surface area contributed by atoms with Gasteiger partial charge in [-0.1, -0.05) is 17.7 Å². The molecule has 0 aliphatic rings. The molecule has 0 aliphatic carbocycles. The molecule has 2 nitrogen and oxygen atoms in total. The SMILES string of the molecule is CC(N)Cc1cc(Cl)ccc1CO. The molecule has 13 heavy (non-hydrogen) atoms. The molecule has 0 aliphatic heterocycles. The van der Waals surface area contributed by atoms with E-state index in [2.05, 4.69) is 0 Å². The van der Waals surface area contributed by atoms with Gasteiger partial charge < -0.3 is 10.8 Å². The van der Waals surface area contributed by atoms with Crippen LogP contribution < -0.4 is 5.73 Å². The van der Waals surface area contributed by atoms with Crippen LogP contribution in [0.15, 0.2) is 18.2 Å². The van der Waals surface area contributed by atoms with Crippen molar-refractivity contribution in [3.05, 3.63) is 34.3 Å². The molecule has 0 saturated carbocycles. The first-order chi connectivity index (χ1) is 6.13. The standard InChI is InChI=1S/C10H14ClNO/c1-7(12)4-9-5-10(11)3-2-8(9)6-13/h2-3,5,7,13H,4,6,12H2,1H3. The quantitative estimate of drug-likeness (QED) is 0.779. The Hall–Kier alpha value is -0.570. The Morgan fingerprint density at radius 3 is 2.69 bits per heavy atom. The highest BCUT2D eigenvalue weighted by molar-refractivity contribution is 6.30. The molecule has 1 rings (SSSR count). The van der Waals surface area contributed by atoms with Crippen LogP contribution in [0, 0.1) is 0 Å². The molecular weight excluding hydrogens is 186 g/mol. The maximum absolute atomic E-state index is 9.04. The predicted molar refractivity (Wildman–Crippen MR) is 54.7 cm³/mol. The van der Waals surface area contributed by atoms with Gasteiger partial charge in [-0.2, -0.15) is 0 Å². The van der Waals surface area contributed by atoms with Gasteiger partial charge in [0.25, 0.3) is 0 Å². The molecule has 1 atom stereocenters. The fourth-order valence-corrected chi connectivity index (χ4v) is 1.48. The number of hydrogen-bond acceptors (Lipinski definition) is 2. The third kappa shape index (κ3) is 2.99. The molecule has 1 aromatic rings. The third-order valence-corrected chi connectivity index (χ3v) is 2.12. The second-order valence-corrected chi connectivity index (χ2v) is 3.69. The molecule has 3 N–H and O–H groups in total. The van der Waals surface area contributed by atoms with E-state index in [9.17, 15) is 0 Å². The summed E-state index contributed by atoms with van der Waals surface area (Å²) in [5, 5.41) is 9.73. The van der Waals surface area contributed by atoms with Gasteiger partial charge in [0.2, 0.25) is 0 Å². The fraction of sp³-hybridized carbons (Fsp3) is 0.400. The lowest BCUT2D eigenvalue weighted by Gasteiger charge is -2.10. The molecule has 1 aromatic carbocycles. The van der Waals surface area contributed by atoms with Gasteiger partial charge in [-0.25, -0.2) is 0 Å². The number of benzene rings is 1. The zero-order valence-electron chi connectivity index (χ0n) is 7.63. The lowest BCUT2D eigenvalue weighted by molar-refractivity contribution is 0.280. The molecule has 0 fully saturated rings. The van der Waals surface area contributed by atoms with Crippen molar-refractivity contribution in [2.75, 3.05) is 0 Å². The largest absolute Gasteiger partial charge is 0.392 e. The Balaban J connectivity index is 2.94. The van der Waals surface area contributed by atoms with E-state index < -0.39 is 0 Å². The minimum atomic E-state index is 0.0409. The Morgan fingerprint density at radius 2 is 2.15 bits per heavy atom. The number of nitrogens with two attached hydrogens (primary N) is 1. The van der Waals surface area contributed by atoms with Gasteiger partial charge in [-0.05, 0) is 36.6 Å². The molecule has 0 spiro atoms. The minimum absolute atomic E-state index is 0.0409. The van der Waals surface area contributed by atoms with Crippen LogP contribution in [0.25, 0.3) is 0 Å². The Morgan fingerprint density at radius 1 is 1.46 bits per heavy atom. The van der Waals surface area contributed by atoms with Gasteiger partial charge >= 0.3 is 0 Å². The van der Waals surface area contributed by atoms with Gasteiger partial charge in [0.1, 0.15) is 0 Å². The molecule has 72 valence electrons. The number of rotatable bonds is 3. The normalized spacial score (nSPS) is 12.9. The van der Waals surface area contributed by atoms with Crippen molar-refractivity contribution in [1.82, 2.24) is 0 Å². The summed E-state index contributed by atoms with van der Waals surface area (Å²) in [7, 11) is 0. The molecule has 0 radical (unpaired) electrons. The average molecular weight is 200 g/mol. The highest BCUT2D eigenvalue weighted by Gasteiger charge is 2.04. The first kappa shape index (κ1) is 10.5. The molecule has 3 heteroatoms. The van der Waals surface area contributed by atoms with Crippen molar-refractivity contribution in [3.63, 3.8) is 0 Å². The Kier molecular flexibility index (Phi) is 3.72. The smallest absolute Gasteiger partial charge is 0.0684 e. The van der Waals surface area contributed by atoms with Crippen LogP contribution in [0.3, 0.4) is 0 Å². The van der Waals surface area contributed by atoms with E-state index in [0.717, 1.165) is 17.5 Å². The Bertz CT molecular complexity index is 286. The van der Waals surface area contributed by atoms with Crippen LogP contribution in [0.5, 0.6) is 0 Å². The van der Waals surface area contributed by atoms with Crippen molar-refractivity contribution in [2.24, 2.45) is 5.73 Å².